The van der Waals surface area contributed by atoms with E-state index in [0.29, 0.717) is 18.6 Å². The molecular formula is C7H11NO. The van der Waals surface area contributed by atoms with Crippen LogP contribution in [-0.4, -0.2) is 17.5 Å². The molecule has 9 heavy (non-hydrogen) atoms. The second-order valence-electron chi connectivity index (χ2n) is 2.63. The molecule has 0 N–H and O–H groups in total. The zero-order valence-electron chi connectivity index (χ0n) is 5.85. The van der Waals surface area contributed by atoms with Gasteiger partial charge in [-0.1, -0.05) is 0 Å². The highest BCUT2D eigenvalue weighted by Crippen LogP contribution is 2.08. The minimum Gasteiger partial charge on any atom is -0.299 e. The summed E-state index contributed by atoms with van der Waals surface area (Å²) < 4.78 is 0. The smallest absolute Gasteiger partial charge is 0.140 e. The molecule has 1 aliphatic heterocycles. The molecule has 0 amide bonds. The van der Waals surface area contributed by atoms with Gasteiger partial charge in [0, 0.05) is 18.6 Å². The fraction of sp³-hybridized carbons (Fsp3) is 0.714. The molecule has 0 bridgehead atoms. The summed E-state index contributed by atoms with van der Waals surface area (Å²) in [6.45, 7) is 3.88. The summed E-state index contributed by atoms with van der Waals surface area (Å²) in [5.41, 5.74) is 0.985. The Morgan fingerprint density at radius 2 is 2.33 bits per heavy atom. The predicted octanol–water partition coefficient (Wildman–Crippen LogP) is 1.20. The average Bonchev–Trinajstić information content (AvgIpc) is 1.59. The summed E-state index contributed by atoms with van der Waals surface area (Å²) in [5.74, 6) is 0.329. The predicted molar refractivity (Wildman–Crippen MR) is 36.8 cm³/mol. The third kappa shape index (κ3) is 1.63. The van der Waals surface area contributed by atoms with Gasteiger partial charge in [-0.3, -0.25) is 9.79 Å². The quantitative estimate of drug-likeness (QED) is 0.478. The van der Waals surface area contributed by atoms with Crippen molar-refractivity contribution in [1.82, 2.24) is 0 Å². The summed E-state index contributed by atoms with van der Waals surface area (Å²) in [5, 5.41) is 0. The van der Waals surface area contributed by atoms with Gasteiger partial charge in [0.25, 0.3) is 0 Å². The van der Waals surface area contributed by atoms with Crippen LogP contribution in [-0.2, 0) is 4.79 Å². The minimum atomic E-state index is 0.228. The first kappa shape index (κ1) is 6.46. The second kappa shape index (κ2) is 2.29. The molecule has 2 nitrogen and oxygen atoms in total. The van der Waals surface area contributed by atoms with Crippen molar-refractivity contribution in [2.45, 2.75) is 32.7 Å². The molecule has 50 valence electrons. The lowest BCUT2D eigenvalue weighted by Gasteiger charge is -2.12. The molecule has 0 aromatic carbocycles. The highest BCUT2D eigenvalue weighted by molar-refractivity contribution is 6.02. The molecule has 2 heteroatoms. The third-order valence-corrected chi connectivity index (χ3v) is 1.42. The summed E-state index contributed by atoms with van der Waals surface area (Å²) >= 11 is 0. The Morgan fingerprint density at radius 3 is 2.78 bits per heavy atom. The van der Waals surface area contributed by atoms with E-state index in [4.69, 9.17) is 0 Å². The minimum absolute atomic E-state index is 0.228. The van der Waals surface area contributed by atoms with Gasteiger partial charge in [-0.2, -0.15) is 0 Å². The number of hydrogen-bond acceptors (Lipinski definition) is 2. The lowest BCUT2D eigenvalue weighted by Crippen LogP contribution is -2.18. The standard InChI is InChI=1S/C7H11NO/c1-5-3-7(9)4-6(2)8-5/h5H,3-4H2,1-2H3. The van der Waals surface area contributed by atoms with E-state index in [2.05, 4.69) is 4.99 Å². The van der Waals surface area contributed by atoms with Crippen molar-refractivity contribution in [1.29, 1.82) is 0 Å². The number of carbonyl (C=O) groups excluding carboxylic acids is 1. The number of nitrogens with zero attached hydrogens (tertiary/aromatic N) is 1. The van der Waals surface area contributed by atoms with E-state index in [0.717, 1.165) is 5.71 Å². The zero-order valence-corrected chi connectivity index (χ0v) is 5.85. The lowest BCUT2D eigenvalue weighted by molar-refractivity contribution is -0.118. The first-order valence-corrected chi connectivity index (χ1v) is 3.23. The Morgan fingerprint density at radius 1 is 1.67 bits per heavy atom. The molecule has 1 aliphatic rings. The summed E-state index contributed by atoms with van der Waals surface area (Å²) in [7, 11) is 0. The molecule has 0 radical (unpaired) electrons. The number of rotatable bonds is 0. The van der Waals surface area contributed by atoms with Crippen LogP contribution in [0.2, 0.25) is 0 Å². The van der Waals surface area contributed by atoms with Crippen molar-refractivity contribution < 1.29 is 4.79 Å². The fourth-order valence-electron chi connectivity index (χ4n) is 1.15. The van der Waals surface area contributed by atoms with Crippen LogP contribution in [0.3, 0.4) is 0 Å². The van der Waals surface area contributed by atoms with Crippen LogP contribution in [0.1, 0.15) is 26.7 Å². The molecule has 0 saturated heterocycles. The van der Waals surface area contributed by atoms with Crippen LogP contribution in [0, 0.1) is 0 Å². The van der Waals surface area contributed by atoms with Crippen molar-refractivity contribution in [3.63, 3.8) is 0 Å². The molecule has 1 atom stereocenters. The van der Waals surface area contributed by atoms with Crippen molar-refractivity contribution in [3.05, 3.63) is 0 Å². The van der Waals surface area contributed by atoms with E-state index < -0.39 is 0 Å². The first-order valence-electron chi connectivity index (χ1n) is 3.23. The van der Waals surface area contributed by atoms with Crippen molar-refractivity contribution in [2.24, 2.45) is 4.99 Å². The molecular weight excluding hydrogens is 114 g/mol. The first-order chi connectivity index (χ1) is 4.18. The number of carbonyl (C=O) groups is 1. The van der Waals surface area contributed by atoms with Crippen LogP contribution in [0.25, 0.3) is 0 Å². The van der Waals surface area contributed by atoms with E-state index in [9.17, 15) is 4.79 Å². The van der Waals surface area contributed by atoms with Gasteiger partial charge in [-0.15, -0.1) is 0 Å². The molecule has 0 fully saturated rings. The number of aliphatic imine (C=N–C) groups is 1. The Labute approximate surface area is 55.0 Å². The van der Waals surface area contributed by atoms with Gasteiger partial charge in [-0.25, -0.2) is 0 Å². The maximum absolute atomic E-state index is 10.8. The lowest BCUT2D eigenvalue weighted by atomic mass is 10.0. The summed E-state index contributed by atoms with van der Waals surface area (Å²) in [6.07, 6.45) is 1.21. The van der Waals surface area contributed by atoms with Gasteiger partial charge in [0.15, 0.2) is 0 Å². The zero-order chi connectivity index (χ0) is 6.85. The monoisotopic (exact) mass is 125 g/mol. The molecule has 0 aliphatic carbocycles. The van der Waals surface area contributed by atoms with E-state index in [-0.39, 0.29) is 6.04 Å². The van der Waals surface area contributed by atoms with E-state index in [1.165, 1.54) is 0 Å². The van der Waals surface area contributed by atoms with Crippen molar-refractivity contribution in [2.75, 3.05) is 0 Å². The van der Waals surface area contributed by atoms with Gasteiger partial charge < -0.3 is 0 Å². The van der Waals surface area contributed by atoms with Gasteiger partial charge in [-0.05, 0) is 13.8 Å². The number of hydrogen-bond donors (Lipinski definition) is 0. The van der Waals surface area contributed by atoms with Gasteiger partial charge >= 0.3 is 0 Å². The Hall–Kier alpha value is -0.660. The maximum Gasteiger partial charge on any atom is 0.140 e. The molecule has 1 rings (SSSR count). The molecule has 0 spiro atoms. The van der Waals surface area contributed by atoms with Gasteiger partial charge in [0.2, 0.25) is 0 Å². The van der Waals surface area contributed by atoms with Crippen LogP contribution < -0.4 is 0 Å². The number of Topliss-reactive ketones (excluding diaryl/α,β-unsaturated/α-hetero) is 1. The largest absolute Gasteiger partial charge is 0.299 e. The Kier molecular flexibility index (Phi) is 1.65. The summed E-state index contributed by atoms with van der Waals surface area (Å²) in [6, 6.07) is 0.228. The fourth-order valence-corrected chi connectivity index (χ4v) is 1.15. The van der Waals surface area contributed by atoms with Gasteiger partial charge in [0.05, 0.1) is 6.04 Å². The Balaban J connectivity index is 2.67. The summed E-state index contributed by atoms with van der Waals surface area (Å²) in [4.78, 5) is 15.0. The van der Waals surface area contributed by atoms with Crippen molar-refractivity contribution in [3.8, 4) is 0 Å². The average molecular weight is 125 g/mol. The van der Waals surface area contributed by atoms with Gasteiger partial charge in [0.1, 0.15) is 5.78 Å². The molecule has 0 saturated carbocycles. The third-order valence-electron chi connectivity index (χ3n) is 1.42. The van der Waals surface area contributed by atoms with Crippen LogP contribution in [0.4, 0.5) is 0 Å². The highest BCUT2D eigenvalue weighted by Gasteiger charge is 2.14. The van der Waals surface area contributed by atoms with Crippen molar-refractivity contribution >= 4 is 11.5 Å². The molecule has 0 aromatic rings. The number of ketones is 1. The SMILES string of the molecule is CC1=NC(C)CC(=O)C1. The van der Waals surface area contributed by atoms with E-state index in [1.54, 1.807) is 0 Å². The molecule has 1 heterocycles. The van der Waals surface area contributed by atoms with E-state index >= 15 is 0 Å². The topological polar surface area (TPSA) is 29.4 Å². The van der Waals surface area contributed by atoms with Crippen LogP contribution >= 0.6 is 0 Å². The van der Waals surface area contributed by atoms with Crippen LogP contribution in [0.15, 0.2) is 4.99 Å². The van der Waals surface area contributed by atoms with E-state index in [1.807, 2.05) is 13.8 Å². The molecule has 1 unspecified atom stereocenters. The molecule has 0 aromatic heterocycles. The maximum atomic E-state index is 10.8. The normalized spacial score (nSPS) is 28.0. The highest BCUT2D eigenvalue weighted by atomic mass is 16.1. The Bertz CT molecular complexity index is 160. The van der Waals surface area contributed by atoms with Crippen LogP contribution in [0.5, 0.6) is 0 Å². The second-order valence-corrected chi connectivity index (χ2v) is 2.63.